The summed E-state index contributed by atoms with van der Waals surface area (Å²) in [5.74, 6) is 0. The summed E-state index contributed by atoms with van der Waals surface area (Å²) in [6.07, 6.45) is 1.55. The van der Waals surface area contributed by atoms with Crippen LogP contribution in [0.15, 0.2) is 0 Å². The van der Waals surface area contributed by atoms with E-state index in [1.54, 1.807) is 6.07 Å². The van der Waals surface area contributed by atoms with Crippen molar-refractivity contribution in [1.82, 2.24) is 4.90 Å². The van der Waals surface area contributed by atoms with Crippen LogP contribution in [0, 0.1) is 11.3 Å². The van der Waals surface area contributed by atoms with E-state index in [2.05, 4.69) is 4.90 Å². The Balaban J connectivity index is 2.54. The summed E-state index contributed by atoms with van der Waals surface area (Å²) in [4.78, 5) is 2.07. The first-order chi connectivity index (χ1) is 5.16. The van der Waals surface area contributed by atoms with E-state index in [1.165, 1.54) is 0 Å². The van der Waals surface area contributed by atoms with Crippen LogP contribution in [0.25, 0.3) is 0 Å². The molecule has 11 heavy (non-hydrogen) atoms. The Labute approximate surface area is 66.6 Å². The van der Waals surface area contributed by atoms with Crippen LogP contribution in [-0.4, -0.2) is 30.7 Å². The first-order valence-corrected chi connectivity index (χ1v) is 3.95. The molecular formula is C8H13FN2. The van der Waals surface area contributed by atoms with E-state index in [0.717, 1.165) is 13.0 Å². The lowest BCUT2D eigenvalue weighted by molar-refractivity contribution is 0.210. The maximum Gasteiger partial charge on any atom is 0.197 e. The molecule has 1 fully saturated rings. The summed E-state index contributed by atoms with van der Waals surface area (Å²) in [5, 5.41) is 8.52. The lowest BCUT2D eigenvalue weighted by Crippen LogP contribution is -2.23. The minimum absolute atomic E-state index is 0.361. The fraction of sp³-hybridized carbons (Fsp3) is 0.875. The highest BCUT2D eigenvalue weighted by atomic mass is 19.1. The zero-order chi connectivity index (χ0) is 8.32. The van der Waals surface area contributed by atoms with Crippen molar-refractivity contribution in [2.75, 3.05) is 20.1 Å². The highest BCUT2D eigenvalue weighted by Gasteiger charge is 2.31. The first-order valence-electron chi connectivity index (χ1n) is 3.95. The lowest BCUT2D eigenvalue weighted by atomic mass is 9.99. The molecule has 1 rings (SSSR count). The quantitative estimate of drug-likeness (QED) is 0.529. The van der Waals surface area contributed by atoms with Gasteiger partial charge < -0.3 is 4.90 Å². The summed E-state index contributed by atoms with van der Waals surface area (Å²) in [7, 11) is 1.96. The largest absolute Gasteiger partial charge is 0.306 e. The molecule has 0 amide bonds. The third kappa shape index (κ3) is 2.16. The summed E-state index contributed by atoms with van der Waals surface area (Å²) in [6.45, 7) is 1.61. The van der Waals surface area contributed by atoms with Gasteiger partial charge in [-0.2, -0.15) is 5.26 Å². The molecule has 0 N–H and O–H groups in total. The highest BCUT2D eigenvalue weighted by molar-refractivity contribution is 5.01. The molecule has 0 aliphatic carbocycles. The molecule has 0 spiro atoms. The summed E-state index contributed by atoms with van der Waals surface area (Å²) in [5.41, 5.74) is -1.55. The second kappa shape index (κ2) is 3.19. The number of rotatable bonds is 0. The molecule has 1 atom stereocenters. The normalized spacial score (nSPS) is 34.3. The number of nitriles is 1. The van der Waals surface area contributed by atoms with Crippen LogP contribution in [0.2, 0.25) is 0 Å². The Morgan fingerprint density at radius 2 is 2.18 bits per heavy atom. The van der Waals surface area contributed by atoms with Gasteiger partial charge in [0, 0.05) is 13.0 Å². The van der Waals surface area contributed by atoms with Crippen molar-refractivity contribution in [1.29, 1.82) is 5.26 Å². The number of likely N-dealkylation sites (tertiary alicyclic amines) is 1. The fourth-order valence-electron chi connectivity index (χ4n) is 1.35. The second-order valence-electron chi connectivity index (χ2n) is 3.23. The predicted molar refractivity (Wildman–Crippen MR) is 40.8 cm³/mol. The minimum Gasteiger partial charge on any atom is -0.306 e. The van der Waals surface area contributed by atoms with E-state index in [4.69, 9.17) is 5.26 Å². The molecule has 1 saturated heterocycles. The molecule has 1 heterocycles. The van der Waals surface area contributed by atoms with Crippen molar-refractivity contribution >= 4 is 0 Å². The van der Waals surface area contributed by atoms with Crippen molar-refractivity contribution in [3.8, 4) is 6.07 Å². The maximum atomic E-state index is 13.3. The molecule has 0 aromatic carbocycles. The molecule has 1 aliphatic rings. The maximum absolute atomic E-state index is 13.3. The number of hydrogen-bond acceptors (Lipinski definition) is 2. The Morgan fingerprint density at radius 3 is 2.82 bits per heavy atom. The van der Waals surface area contributed by atoms with Crippen molar-refractivity contribution in [2.24, 2.45) is 0 Å². The number of hydrogen-bond donors (Lipinski definition) is 0. The molecule has 0 aromatic rings. The Morgan fingerprint density at radius 1 is 1.45 bits per heavy atom. The van der Waals surface area contributed by atoms with Gasteiger partial charge in [-0.25, -0.2) is 4.39 Å². The third-order valence-electron chi connectivity index (χ3n) is 2.20. The molecule has 0 saturated carbocycles. The van der Waals surface area contributed by atoms with E-state index >= 15 is 0 Å². The lowest BCUT2D eigenvalue weighted by Gasteiger charge is -2.14. The fourth-order valence-corrected chi connectivity index (χ4v) is 1.35. The molecule has 0 radical (unpaired) electrons. The van der Waals surface area contributed by atoms with E-state index in [9.17, 15) is 4.39 Å². The Bertz CT molecular complexity index is 175. The Kier molecular flexibility index (Phi) is 2.45. The van der Waals surface area contributed by atoms with Crippen molar-refractivity contribution in [3.05, 3.63) is 0 Å². The molecular weight excluding hydrogens is 143 g/mol. The molecule has 2 nitrogen and oxygen atoms in total. The van der Waals surface area contributed by atoms with Gasteiger partial charge in [-0.1, -0.05) is 0 Å². The van der Waals surface area contributed by atoms with Crippen molar-refractivity contribution < 1.29 is 4.39 Å². The molecule has 0 aromatic heterocycles. The summed E-state index contributed by atoms with van der Waals surface area (Å²) in [6, 6.07) is 1.75. The predicted octanol–water partition coefficient (Wildman–Crippen LogP) is 1.33. The van der Waals surface area contributed by atoms with Crippen LogP contribution in [0.4, 0.5) is 4.39 Å². The number of nitrogens with zero attached hydrogens (tertiary/aromatic N) is 2. The van der Waals surface area contributed by atoms with Crippen LogP contribution < -0.4 is 0 Å². The van der Waals surface area contributed by atoms with Gasteiger partial charge in [-0.15, -0.1) is 0 Å². The van der Waals surface area contributed by atoms with Gasteiger partial charge in [0.05, 0.1) is 0 Å². The topological polar surface area (TPSA) is 27.0 Å². The van der Waals surface area contributed by atoms with Crippen molar-refractivity contribution in [3.63, 3.8) is 0 Å². The van der Waals surface area contributed by atoms with Crippen LogP contribution in [0.3, 0.4) is 0 Å². The standard InChI is InChI=1S/C8H13FN2/c1-11-5-2-3-8(9,7-10)4-6-11/h2-6H2,1H3. The monoisotopic (exact) mass is 156 g/mol. The van der Waals surface area contributed by atoms with Crippen molar-refractivity contribution in [2.45, 2.75) is 24.9 Å². The Hall–Kier alpha value is -0.620. The average molecular weight is 156 g/mol. The summed E-state index contributed by atoms with van der Waals surface area (Å²) >= 11 is 0. The van der Waals surface area contributed by atoms with E-state index in [1.807, 2.05) is 7.05 Å². The van der Waals surface area contributed by atoms with Gasteiger partial charge in [0.1, 0.15) is 6.07 Å². The van der Waals surface area contributed by atoms with Crippen LogP contribution >= 0.6 is 0 Å². The second-order valence-corrected chi connectivity index (χ2v) is 3.23. The molecule has 1 aliphatic heterocycles. The van der Waals surface area contributed by atoms with Crippen LogP contribution in [0.5, 0.6) is 0 Å². The van der Waals surface area contributed by atoms with Gasteiger partial charge in [-0.3, -0.25) is 0 Å². The van der Waals surface area contributed by atoms with Gasteiger partial charge >= 0.3 is 0 Å². The van der Waals surface area contributed by atoms with Crippen LogP contribution in [-0.2, 0) is 0 Å². The summed E-state index contributed by atoms with van der Waals surface area (Å²) < 4.78 is 13.3. The zero-order valence-electron chi connectivity index (χ0n) is 6.81. The molecule has 62 valence electrons. The average Bonchev–Trinajstić information content (AvgIpc) is 2.15. The SMILES string of the molecule is CN1CCCC(F)(C#N)CC1. The zero-order valence-corrected chi connectivity index (χ0v) is 6.81. The van der Waals surface area contributed by atoms with E-state index in [0.29, 0.717) is 19.4 Å². The smallest absolute Gasteiger partial charge is 0.197 e. The van der Waals surface area contributed by atoms with Gasteiger partial charge in [0.2, 0.25) is 0 Å². The van der Waals surface area contributed by atoms with Gasteiger partial charge in [0.25, 0.3) is 0 Å². The number of alkyl halides is 1. The van der Waals surface area contributed by atoms with Gasteiger partial charge in [0.15, 0.2) is 5.67 Å². The molecule has 3 heteroatoms. The number of halogens is 1. The molecule has 0 bridgehead atoms. The van der Waals surface area contributed by atoms with Gasteiger partial charge in [-0.05, 0) is 26.4 Å². The van der Waals surface area contributed by atoms with E-state index < -0.39 is 5.67 Å². The third-order valence-corrected chi connectivity index (χ3v) is 2.20. The first kappa shape index (κ1) is 8.48. The van der Waals surface area contributed by atoms with Crippen LogP contribution in [0.1, 0.15) is 19.3 Å². The molecule has 1 unspecified atom stereocenters. The van der Waals surface area contributed by atoms with E-state index in [-0.39, 0.29) is 0 Å². The highest BCUT2D eigenvalue weighted by Crippen LogP contribution is 2.24. The minimum atomic E-state index is -1.55.